The maximum atomic E-state index is 12.0. The molecule has 1 amide bonds. The van der Waals surface area contributed by atoms with Crippen LogP contribution in [0.4, 0.5) is 5.69 Å². The topological polar surface area (TPSA) is 72.5 Å². The molecule has 0 atom stereocenters. The summed E-state index contributed by atoms with van der Waals surface area (Å²) in [5, 5.41) is 6.11. The smallest absolute Gasteiger partial charge is 0.269 e. The molecule has 2 aromatic rings. The Morgan fingerprint density at radius 1 is 1.17 bits per heavy atom. The van der Waals surface area contributed by atoms with Gasteiger partial charge >= 0.3 is 0 Å². The number of benzene rings is 1. The van der Waals surface area contributed by atoms with Gasteiger partial charge in [-0.1, -0.05) is 12.1 Å². The Balaban J connectivity index is 1.88. The summed E-state index contributed by atoms with van der Waals surface area (Å²) in [7, 11) is 3.29. The number of hydrogen-bond donors (Lipinski definition) is 2. The number of nitrogens with zero attached hydrogens (tertiary/aromatic N) is 1. The summed E-state index contributed by atoms with van der Waals surface area (Å²) < 4.78 is 10.1. The molecule has 0 spiro atoms. The molecule has 6 nitrogen and oxygen atoms in total. The van der Waals surface area contributed by atoms with E-state index in [-0.39, 0.29) is 5.91 Å². The van der Waals surface area contributed by atoms with Crippen LogP contribution in [0.5, 0.6) is 5.75 Å². The first-order valence-corrected chi connectivity index (χ1v) is 7.83. The van der Waals surface area contributed by atoms with Crippen LogP contribution in [-0.2, 0) is 11.3 Å². The highest BCUT2D eigenvalue weighted by molar-refractivity contribution is 5.93. The van der Waals surface area contributed by atoms with Crippen LogP contribution < -0.4 is 15.4 Å². The zero-order chi connectivity index (χ0) is 17.2. The molecule has 0 aliphatic heterocycles. The van der Waals surface area contributed by atoms with E-state index in [4.69, 9.17) is 9.47 Å². The highest BCUT2D eigenvalue weighted by atomic mass is 16.5. The summed E-state index contributed by atoms with van der Waals surface area (Å²) in [6.07, 6.45) is 2.40. The molecule has 1 heterocycles. The molecule has 0 unspecified atom stereocenters. The first-order valence-electron chi connectivity index (χ1n) is 7.83. The normalized spacial score (nSPS) is 10.2. The van der Waals surface area contributed by atoms with Gasteiger partial charge in [0.2, 0.25) is 0 Å². The van der Waals surface area contributed by atoms with E-state index in [1.807, 2.05) is 30.3 Å². The monoisotopic (exact) mass is 329 g/mol. The number of aromatic nitrogens is 1. The quantitative estimate of drug-likeness (QED) is 0.692. The Hall–Kier alpha value is -2.60. The highest BCUT2D eigenvalue weighted by Gasteiger charge is 2.07. The lowest BCUT2D eigenvalue weighted by Gasteiger charge is -2.09. The Labute approximate surface area is 142 Å². The number of pyridine rings is 1. The van der Waals surface area contributed by atoms with E-state index in [1.54, 1.807) is 26.5 Å². The third-order valence-electron chi connectivity index (χ3n) is 3.46. The number of carbonyl (C=O) groups excluding carboxylic acids is 1. The molecule has 0 saturated carbocycles. The van der Waals surface area contributed by atoms with Crippen molar-refractivity contribution in [1.82, 2.24) is 10.3 Å². The lowest BCUT2D eigenvalue weighted by atomic mass is 10.2. The van der Waals surface area contributed by atoms with E-state index in [2.05, 4.69) is 15.6 Å². The highest BCUT2D eigenvalue weighted by Crippen LogP contribution is 2.14. The van der Waals surface area contributed by atoms with Crippen LogP contribution >= 0.6 is 0 Å². The van der Waals surface area contributed by atoms with Crippen molar-refractivity contribution in [3.63, 3.8) is 0 Å². The first kappa shape index (κ1) is 17.7. The fraction of sp³-hybridized carbons (Fsp3) is 0.333. The average Bonchev–Trinajstić information content (AvgIpc) is 2.64. The van der Waals surface area contributed by atoms with Gasteiger partial charge in [0.25, 0.3) is 5.91 Å². The summed E-state index contributed by atoms with van der Waals surface area (Å²) in [6.45, 7) is 1.85. The number of nitrogens with one attached hydrogen (secondary N) is 2. The molecule has 0 bridgehead atoms. The van der Waals surface area contributed by atoms with Gasteiger partial charge in [0.15, 0.2) is 0 Å². The van der Waals surface area contributed by atoms with Crippen molar-refractivity contribution in [2.24, 2.45) is 0 Å². The zero-order valence-corrected chi connectivity index (χ0v) is 14.0. The molecule has 1 aromatic carbocycles. The number of methoxy groups -OCH3 is 2. The van der Waals surface area contributed by atoms with E-state index in [9.17, 15) is 4.79 Å². The Morgan fingerprint density at radius 3 is 2.67 bits per heavy atom. The van der Waals surface area contributed by atoms with Crippen molar-refractivity contribution >= 4 is 11.6 Å². The molecule has 1 aromatic heterocycles. The van der Waals surface area contributed by atoms with Gasteiger partial charge in [0, 0.05) is 38.7 Å². The Kier molecular flexibility index (Phi) is 7.04. The lowest BCUT2D eigenvalue weighted by molar-refractivity contribution is 0.0943. The lowest BCUT2D eigenvalue weighted by Crippen LogP contribution is -2.26. The van der Waals surface area contributed by atoms with Crippen molar-refractivity contribution in [3.05, 3.63) is 53.9 Å². The molecule has 0 aliphatic carbocycles. The van der Waals surface area contributed by atoms with Gasteiger partial charge < -0.3 is 20.1 Å². The average molecular weight is 329 g/mol. The van der Waals surface area contributed by atoms with Crippen LogP contribution in [0.2, 0.25) is 0 Å². The second-order valence-electron chi connectivity index (χ2n) is 5.23. The third-order valence-corrected chi connectivity index (χ3v) is 3.46. The molecule has 6 heteroatoms. The molecule has 0 radical (unpaired) electrons. The minimum atomic E-state index is -0.181. The summed E-state index contributed by atoms with van der Waals surface area (Å²) in [4.78, 5) is 16.2. The number of carbonyl (C=O) groups is 1. The van der Waals surface area contributed by atoms with Crippen molar-refractivity contribution < 1.29 is 14.3 Å². The third kappa shape index (κ3) is 5.55. The molecule has 0 saturated heterocycles. The van der Waals surface area contributed by atoms with Crippen molar-refractivity contribution in [2.45, 2.75) is 13.0 Å². The number of hydrogen-bond acceptors (Lipinski definition) is 5. The zero-order valence-electron chi connectivity index (χ0n) is 14.0. The summed E-state index contributed by atoms with van der Waals surface area (Å²) >= 11 is 0. The standard InChI is InChI=1S/C18H23N3O3/c1-23-11-3-9-20-18(22)17-12-15(8-10-19-17)21-13-14-4-6-16(24-2)7-5-14/h4-8,10,12H,3,9,11,13H2,1-2H3,(H,19,21)(H,20,22). The van der Waals surface area contributed by atoms with Crippen molar-refractivity contribution in [3.8, 4) is 5.75 Å². The fourth-order valence-corrected chi connectivity index (χ4v) is 2.12. The first-order chi connectivity index (χ1) is 11.7. The van der Waals surface area contributed by atoms with Gasteiger partial charge in [-0.2, -0.15) is 0 Å². The maximum absolute atomic E-state index is 12.0. The molecular weight excluding hydrogens is 306 g/mol. The molecule has 24 heavy (non-hydrogen) atoms. The van der Waals surface area contributed by atoms with E-state index in [0.717, 1.165) is 23.4 Å². The number of amides is 1. The van der Waals surface area contributed by atoms with Crippen LogP contribution in [0.3, 0.4) is 0 Å². The molecule has 2 N–H and O–H groups in total. The summed E-state index contributed by atoms with van der Waals surface area (Å²) in [6, 6.07) is 11.4. The van der Waals surface area contributed by atoms with Gasteiger partial charge in [0.05, 0.1) is 7.11 Å². The van der Waals surface area contributed by atoms with Crippen LogP contribution in [-0.4, -0.2) is 38.3 Å². The molecule has 128 valence electrons. The Morgan fingerprint density at radius 2 is 1.96 bits per heavy atom. The van der Waals surface area contributed by atoms with Gasteiger partial charge in [-0.3, -0.25) is 9.78 Å². The van der Waals surface area contributed by atoms with Crippen molar-refractivity contribution in [1.29, 1.82) is 0 Å². The number of rotatable bonds is 9. The largest absolute Gasteiger partial charge is 0.497 e. The molecule has 0 fully saturated rings. The molecular formula is C18H23N3O3. The second-order valence-corrected chi connectivity index (χ2v) is 5.23. The van der Waals surface area contributed by atoms with Crippen LogP contribution in [0.15, 0.2) is 42.6 Å². The Bertz CT molecular complexity index is 644. The number of anilines is 1. The number of ether oxygens (including phenoxy) is 2. The van der Waals surface area contributed by atoms with E-state index in [0.29, 0.717) is 25.4 Å². The van der Waals surface area contributed by atoms with Gasteiger partial charge in [0.1, 0.15) is 11.4 Å². The minimum absolute atomic E-state index is 0.181. The van der Waals surface area contributed by atoms with E-state index in [1.165, 1.54) is 0 Å². The van der Waals surface area contributed by atoms with Gasteiger partial charge in [-0.15, -0.1) is 0 Å². The predicted molar refractivity (Wildman–Crippen MR) is 93.4 cm³/mol. The fourth-order valence-electron chi connectivity index (χ4n) is 2.12. The maximum Gasteiger partial charge on any atom is 0.269 e. The predicted octanol–water partition coefficient (Wildman–Crippen LogP) is 2.47. The van der Waals surface area contributed by atoms with Crippen LogP contribution in [0.1, 0.15) is 22.5 Å². The second kappa shape index (κ2) is 9.52. The van der Waals surface area contributed by atoms with Crippen molar-refractivity contribution in [2.75, 3.05) is 32.7 Å². The SMILES string of the molecule is COCCCNC(=O)c1cc(NCc2ccc(OC)cc2)ccn1. The van der Waals surface area contributed by atoms with E-state index >= 15 is 0 Å². The van der Waals surface area contributed by atoms with E-state index < -0.39 is 0 Å². The molecule has 2 rings (SSSR count). The van der Waals surface area contributed by atoms with Crippen LogP contribution in [0.25, 0.3) is 0 Å². The van der Waals surface area contributed by atoms with Gasteiger partial charge in [-0.25, -0.2) is 0 Å². The summed E-state index contributed by atoms with van der Waals surface area (Å²) in [5.41, 5.74) is 2.37. The molecule has 0 aliphatic rings. The summed E-state index contributed by atoms with van der Waals surface area (Å²) in [5.74, 6) is 0.647. The minimum Gasteiger partial charge on any atom is -0.497 e. The van der Waals surface area contributed by atoms with Crippen LogP contribution in [0, 0.1) is 0 Å². The van der Waals surface area contributed by atoms with Gasteiger partial charge in [-0.05, 0) is 36.2 Å².